The molecule has 158 valence electrons. The van der Waals surface area contributed by atoms with Gasteiger partial charge < -0.3 is 9.73 Å². The molecule has 31 heavy (non-hydrogen) atoms. The fourth-order valence-electron chi connectivity index (χ4n) is 3.08. The van der Waals surface area contributed by atoms with E-state index in [1.165, 1.54) is 24.5 Å². The predicted molar refractivity (Wildman–Crippen MR) is 114 cm³/mol. The summed E-state index contributed by atoms with van der Waals surface area (Å²) in [7, 11) is -3.61. The van der Waals surface area contributed by atoms with Gasteiger partial charge in [-0.15, -0.1) is 0 Å². The molecule has 0 bridgehead atoms. The van der Waals surface area contributed by atoms with Crippen LogP contribution in [-0.2, 0) is 28.6 Å². The SMILES string of the molecule is O=C(Nc1ccn(CCc2ccncc2)n1)c1occc1CS(=O)(=O)c1ccccc1. The Morgan fingerprint density at radius 2 is 1.81 bits per heavy atom. The predicted octanol–water partition coefficient (Wildman–Crippen LogP) is 3.34. The molecule has 9 heteroatoms. The maximum atomic E-state index is 12.7. The van der Waals surface area contributed by atoms with Gasteiger partial charge in [-0.1, -0.05) is 18.2 Å². The van der Waals surface area contributed by atoms with Gasteiger partial charge in [0, 0.05) is 36.8 Å². The first kappa shape index (κ1) is 20.5. The summed E-state index contributed by atoms with van der Waals surface area (Å²) in [5.41, 5.74) is 1.43. The second-order valence-corrected chi connectivity index (χ2v) is 8.86. The van der Waals surface area contributed by atoms with E-state index >= 15 is 0 Å². The molecule has 0 fully saturated rings. The fourth-order valence-corrected chi connectivity index (χ4v) is 4.46. The molecule has 8 nitrogen and oxygen atoms in total. The molecule has 4 aromatic rings. The summed E-state index contributed by atoms with van der Waals surface area (Å²) in [5.74, 6) is -0.585. The van der Waals surface area contributed by atoms with Gasteiger partial charge in [-0.2, -0.15) is 5.10 Å². The average molecular weight is 436 g/mol. The van der Waals surface area contributed by atoms with Crippen molar-refractivity contribution in [2.75, 3.05) is 5.32 Å². The average Bonchev–Trinajstić information content (AvgIpc) is 3.43. The number of carbonyl (C=O) groups excluding carboxylic acids is 1. The third-order valence-corrected chi connectivity index (χ3v) is 6.34. The van der Waals surface area contributed by atoms with Crippen LogP contribution in [0.15, 0.2) is 88.8 Å². The van der Waals surface area contributed by atoms with Crippen molar-refractivity contribution in [3.05, 3.63) is 96.3 Å². The molecule has 1 N–H and O–H groups in total. The highest BCUT2D eigenvalue weighted by Crippen LogP contribution is 2.20. The molecular weight excluding hydrogens is 416 g/mol. The summed E-state index contributed by atoms with van der Waals surface area (Å²) in [6.45, 7) is 0.640. The topological polar surface area (TPSA) is 107 Å². The van der Waals surface area contributed by atoms with Crippen molar-refractivity contribution in [2.45, 2.75) is 23.6 Å². The van der Waals surface area contributed by atoms with E-state index in [0.717, 1.165) is 12.0 Å². The molecule has 0 radical (unpaired) electrons. The number of nitrogens with one attached hydrogen (secondary N) is 1. The Kier molecular flexibility index (Phi) is 5.94. The number of aryl methyl sites for hydroxylation is 2. The molecule has 3 heterocycles. The number of hydrogen-bond donors (Lipinski definition) is 1. The molecule has 0 saturated carbocycles. The Morgan fingerprint density at radius 1 is 1.03 bits per heavy atom. The standard InChI is InChI=1S/C22H20N4O4S/c27-22(24-20-9-14-26(25-20)13-8-17-6-11-23-12-7-17)21-18(10-15-30-21)16-31(28,29)19-4-2-1-3-5-19/h1-7,9-12,14-15H,8,13,16H2,(H,24,25,27). The highest BCUT2D eigenvalue weighted by molar-refractivity contribution is 7.90. The largest absolute Gasteiger partial charge is 0.459 e. The molecule has 0 saturated heterocycles. The molecule has 0 aliphatic heterocycles. The number of nitrogens with zero attached hydrogens (tertiary/aromatic N) is 3. The van der Waals surface area contributed by atoms with Crippen molar-refractivity contribution in [2.24, 2.45) is 0 Å². The summed E-state index contributed by atoms with van der Waals surface area (Å²) in [6.07, 6.45) is 7.32. The second kappa shape index (κ2) is 8.97. The molecule has 1 amide bonds. The lowest BCUT2D eigenvalue weighted by molar-refractivity contribution is 0.0995. The van der Waals surface area contributed by atoms with Crippen LogP contribution in [0.25, 0.3) is 0 Å². The van der Waals surface area contributed by atoms with Gasteiger partial charge in [0.25, 0.3) is 5.91 Å². The number of furan rings is 1. The Balaban J connectivity index is 1.41. The number of sulfone groups is 1. The zero-order valence-electron chi connectivity index (χ0n) is 16.5. The van der Waals surface area contributed by atoms with Crippen LogP contribution >= 0.6 is 0 Å². The van der Waals surface area contributed by atoms with Gasteiger partial charge in [-0.25, -0.2) is 8.42 Å². The molecule has 4 rings (SSSR count). The zero-order chi connectivity index (χ0) is 21.7. The lowest BCUT2D eigenvalue weighted by Gasteiger charge is -2.05. The van der Waals surface area contributed by atoms with E-state index in [4.69, 9.17) is 4.42 Å². The minimum atomic E-state index is -3.61. The van der Waals surface area contributed by atoms with E-state index in [1.54, 1.807) is 47.5 Å². The quantitative estimate of drug-likeness (QED) is 0.454. The summed E-state index contributed by atoms with van der Waals surface area (Å²) < 4.78 is 32.3. The van der Waals surface area contributed by atoms with Gasteiger partial charge in [0.05, 0.1) is 16.9 Å². The first-order valence-electron chi connectivity index (χ1n) is 9.59. The number of anilines is 1. The third-order valence-electron chi connectivity index (χ3n) is 4.66. The highest BCUT2D eigenvalue weighted by Gasteiger charge is 2.23. The first-order valence-corrected chi connectivity index (χ1v) is 11.2. The second-order valence-electron chi connectivity index (χ2n) is 6.87. The number of benzene rings is 1. The highest BCUT2D eigenvalue weighted by atomic mass is 32.2. The Morgan fingerprint density at radius 3 is 2.58 bits per heavy atom. The Labute approximate surface area is 179 Å². The van der Waals surface area contributed by atoms with Gasteiger partial charge in [0.2, 0.25) is 0 Å². The van der Waals surface area contributed by atoms with Crippen LogP contribution in [-0.4, -0.2) is 29.1 Å². The van der Waals surface area contributed by atoms with Crippen LogP contribution in [0, 0.1) is 0 Å². The minimum absolute atomic E-state index is 0.0501. The maximum absolute atomic E-state index is 12.7. The molecular formula is C22H20N4O4S. The van der Waals surface area contributed by atoms with Crippen LogP contribution in [0.4, 0.5) is 5.82 Å². The summed E-state index contributed by atoms with van der Waals surface area (Å²) in [6, 6.07) is 15.1. The number of hydrogen-bond acceptors (Lipinski definition) is 6. The number of carbonyl (C=O) groups is 1. The lowest BCUT2D eigenvalue weighted by Crippen LogP contribution is -2.15. The number of aromatic nitrogens is 3. The van der Waals surface area contributed by atoms with Crippen LogP contribution < -0.4 is 5.32 Å². The molecule has 1 aromatic carbocycles. The van der Waals surface area contributed by atoms with E-state index in [2.05, 4.69) is 15.4 Å². The maximum Gasteiger partial charge on any atom is 0.292 e. The van der Waals surface area contributed by atoms with Crippen molar-refractivity contribution in [1.82, 2.24) is 14.8 Å². The van der Waals surface area contributed by atoms with Gasteiger partial charge in [0.1, 0.15) is 0 Å². The van der Waals surface area contributed by atoms with Gasteiger partial charge in [-0.05, 0) is 42.3 Å². The smallest absolute Gasteiger partial charge is 0.292 e. The van der Waals surface area contributed by atoms with Crippen molar-refractivity contribution in [3.8, 4) is 0 Å². The van der Waals surface area contributed by atoms with Crippen molar-refractivity contribution in [1.29, 1.82) is 0 Å². The van der Waals surface area contributed by atoms with Crippen LogP contribution in [0.1, 0.15) is 21.7 Å². The Hall–Kier alpha value is -3.72. The van der Waals surface area contributed by atoms with E-state index in [0.29, 0.717) is 17.9 Å². The van der Waals surface area contributed by atoms with Crippen molar-refractivity contribution in [3.63, 3.8) is 0 Å². The molecule has 0 aliphatic carbocycles. The van der Waals surface area contributed by atoms with E-state index < -0.39 is 15.7 Å². The molecule has 0 atom stereocenters. The van der Waals surface area contributed by atoms with E-state index in [1.807, 2.05) is 12.1 Å². The van der Waals surface area contributed by atoms with Crippen molar-refractivity contribution < 1.29 is 17.6 Å². The third kappa shape index (κ3) is 5.07. The monoisotopic (exact) mass is 436 g/mol. The van der Waals surface area contributed by atoms with Gasteiger partial charge in [0.15, 0.2) is 21.4 Å². The normalized spacial score (nSPS) is 11.4. The number of amides is 1. The summed E-state index contributed by atoms with van der Waals surface area (Å²) >= 11 is 0. The molecule has 0 spiro atoms. The fraction of sp³-hybridized carbons (Fsp3) is 0.136. The Bertz CT molecular complexity index is 1270. The van der Waals surface area contributed by atoms with E-state index in [-0.39, 0.29) is 16.4 Å². The lowest BCUT2D eigenvalue weighted by atomic mass is 10.2. The van der Waals surface area contributed by atoms with Crippen LogP contribution in [0.3, 0.4) is 0 Å². The van der Waals surface area contributed by atoms with Crippen LogP contribution in [0.2, 0.25) is 0 Å². The van der Waals surface area contributed by atoms with Crippen molar-refractivity contribution >= 4 is 21.6 Å². The van der Waals surface area contributed by atoms with E-state index in [9.17, 15) is 13.2 Å². The number of rotatable bonds is 8. The van der Waals surface area contributed by atoms with Gasteiger partial charge in [-0.3, -0.25) is 14.5 Å². The molecule has 0 unspecified atom stereocenters. The van der Waals surface area contributed by atoms with Crippen LogP contribution in [0.5, 0.6) is 0 Å². The molecule has 0 aliphatic rings. The minimum Gasteiger partial charge on any atom is -0.459 e. The first-order chi connectivity index (χ1) is 15.0. The molecule has 3 aromatic heterocycles. The van der Waals surface area contributed by atoms with Gasteiger partial charge >= 0.3 is 0 Å². The zero-order valence-corrected chi connectivity index (χ0v) is 17.3. The summed E-state index contributed by atoms with van der Waals surface area (Å²) in [5, 5.41) is 7.00. The number of pyridine rings is 1. The summed E-state index contributed by atoms with van der Waals surface area (Å²) in [4.78, 5) is 16.8.